The zero-order valence-electron chi connectivity index (χ0n) is 16.1. The second kappa shape index (κ2) is 7.99. The summed E-state index contributed by atoms with van der Waals surface area (Å²) in [6.45, 7) is 8.57. The first-order valence-electron chi connectivity index (χ1n) is 8.94. The molecule has 0 aliphatic carbocycles. The van der Waals surface area contributed by atoms with Crippen molar-refractivity contribution in [2.45, 2.75) is 34.2 Å². The summed E-state index contributed by atoms with van der Waals surface area (Å²) >= 11 is 0. The minimum Gasteiger partial charge on any atom is -0.350 e. The van der Waals surface area contributed by atoms with Crippen molar-refractivity contribution in [3.63, 3.8) is 0 Å². The van der Waals surface area contributed by atoms with Crippen LogP contribution in [-0.2, 0) is 6.54 Å². The lowest BCUT2D eigenvalue weighted by Crippen LogP contribution is -2.16. The van der Waals surface area contributed by atoms with Gasteiger partial charge in [-0.3, -0.25) is 4.79 Å². The van der Waals surface area contributed by atoms with Crippen LogP contribution in [0.1, 0.15) is 38.4 Å². The summed E-state index contributed by atoms with van der Waals surface area (Å²) in [6.07, 6.45) is 0. The van der Waals surface area contributed by atoms with E-state index in [1.165, 1.54) is 11.1 Å². The van der Waals surface area contributed by atoms with Gasteiger partial charge in [-0.15, -0.1) is 0 Å². The molecule has 2 N–H and O–H groups in total. The minimum absolute atomic E-state index is 0.248. The fraction of sp³-hybridized carbons (Fsp3) is 0.227. The van der Waals surface area contributed by atoms with Crippen LogP contribution in [0.15, 0.2) is 48.5 Å². The predicted octanol–water partition coefficient (Wildman–Crippen LogP) is 4.57. The van der Waals surface area contributed by atoms with Crippen molar-refractivity contribution in [3.8, 4) is 0 Å². The van der Waals surface area contributed by atoms with Gasteiger partial charge in [-0.2, -0.15) is 0 Å². The van der Waals surface area contributed by atoms with E-state index in [9.17, 15) is 4.79 Å². The molecular weight excluding hydrogens is 336 g/mol. The van der Waals surface area contributed by atoms with Crippen molar-refractivity contribution < 1.29 is 4.79 Å². The van der Waals surface area contributed by atoms with Gasteiger partial charge < -0.3 is 10.6 Å². The number of hydrogen-bond acceptors (Lipinski definition) is 4. The first kappa shape index (κ1) is 18.6. The van der Waals surface area contributed by atoms with E-state index >= 15 is 0 Å². The number of hydrogen-bond donors (Lipinski definition) is 2. The third-order valence-electron chi connectivity index (χ3n) is 4.42. The van der Waals surface area contributed by atoms with E-state index in [1.54, 1.807) is 6.07 Å². The highest BCUT2D eigenvalue weighted by Crippen LogP contribution is 2.16. The SMILES string of the molecule is Cc1ccc(CNc2nc(C)cc(C(=O)Nc3ccc(C)c(C)c3)n2)cc1. The Morgan fingerprint density at radius 2 is 1.63 bits per heavy atom. The smallest absolute Gasteiger partial charge is 0.274 e. The first-order chi connectivity index (χ1) is 12.9. The van der Waals surface area contributed by atoms with Crippen molar-refractivity contribution in [1.29, 1.82) is 0 Å². The molecule has 0 atom stereocenters. The fourth-order valence-corrected chi connectivity index (χ4v) is 2.67. The third-order valence-corrected chi connectivity index (χ3v) is 4.42. The molecule has 5 nitrogen and oxygen atoms in total. The van der Waals surface area contributed by atoms with Gasteiger partial charge >= 0.3 is 0 Å². The van der Waals surface area contributed by atoms with Gasteiger partial charge in [0.1, 0.15) is 5.69 Å². The van der Waals surface area contributed by atoms with Crippen molar-refractivity contribution in [1.82, 2.24) is 9.97 Å². The summed E-state index contributed by atoms with van der Waals surface area (Å²) < 4.78 is 0. The number of rotatable bonds is 5. The summed E-state index contributed by atoms with van der Waals surface area (Å²) in [5.41, 5.74) is 6.51. The number of anilines is 2. The van der Waals surface area contributed by atoms with Crippen LogP contribution >= 0.6 is 0 Å². The van der Waals surface area contributed by atoms with Crippen molar-refractivity contribution in [2.24, 2.45) is 0 Å². The molecule has 2 aromatic carbocycles. The predicted molar refractivity (Wildman–Crippen MR) is 109 cm³/mol. The summed E-state index contributed by atoms with van der Waals surface area (Å²) in [5.74, 6) is 0.197. The van der Waals surface area contributed by atoms with Crippen LogP contribution in [0.25, 0.3) is 0 Å². The van der Waals surface area contributed by atoms with Crippen LogP contribution < -0.4 is 10.6 Å². The van der Waals surface area contributed by atoms with Crippen LogP contribution in [0.4, 0.5) is 11.6 Å². The van der Waals surface area contributed by atoms with E-state index in [-0.39, 0.29) is 5.91 Å². The molecule has 0 aliphatic heterocycles. The molecule has 1 aromatic heterocycles. The molecular formula is C22H24N4O. The number of nitrogens with one attached hydrogen (secondary N) is 2. The first-order valence-corrected chi connectivity index (χ1v) is 8.94. The van der Waals surface area contributed by atoms with E-state index in [0.29, 0.717) is 18.2 Å². The topological polar surface area (TPSA) is 66.9 Å². The molecule has 3 rings (SSSR count). The largest absolute Gasteiger partial charge is 0.350 e. The van der Waals surface area contributed by atoms with Gasteiger partial charge in [-0.25, -0.2) is 9.97 Å². The Morgan fingerprint density at radius 1 is 0.889 bits per heavy atom. The second-order valence-electron chi connectivity index (χ2n) is 6.81. The molecule has 138 valence electrons. The number of benzene rings is 2. The van der Waals surface area contributed by atoms with E-state index in [4.69, 9.17) is 0 Å². The van der Waals surface area contributed by atoms with E-state index < -0.39 is 0 Å². The summed E-state index contributed by atoms with van der Waals surface area (Å²) in [5, 5.41) is 6.10. The molecule has 1 amide bonds. The maximum Gasteiger partial charge on any atom is 0.274 e. The zero-order chi connectivity index (χ0) is 19.4. The molecule has 0 saturated heterocycles. The Bertz CT molecular complexity index is 965. The average molecular weight is 360 g/mol. The van der Waals surface area contributed by atoms with Crippen LogP contribution in [0.2, 0.25) is 0 Å². The second-order valence-corrected chi connectivity index (χ2v) is 6.81. The molecule has 0 fully saturated rings. The quantitative estimate of drug-likeness (QED) is 0.699. The number of carbonyl (C=O) groups is 1. The lowest BCUT2D eigenvalue weighted by Gasteiger charge is -2.10. The summed E-state index contributed by atoms with van der Waals surface area (Å²) in [6, 6.07) is 15.8. The minimum atomic E-state index is -0.248. The number of aromatic nitrogens is 2. The molecule has 1 heterocycles. The zero-order valence-corrected chi connectivity index (χ0v) is 16.1. The maximum absolute atomic E-state index is 12.6. The van der Waals surface area contributed by atoms with Gasteiger partial charge in [0.05, 0.1) is 0 Å². The molecule has 3 aromatic rings. The molecule has 0 bridgehead atoms. The van der Waals surface area contributed by atoms with Crippen LogP contribution in [-0.4, -0.2) is 15.9 Å². The highest BCUT2D eigenvalue weighted by molar-refractivity contribution is 6.03. The Kier molecular flexibility index (Phi) is 5.50. The van der Waals surface area contributed by atoms with Gasteiger partial charge in [-0.1, -0.05) is 35.9 Å². The highest BCUT2D eigenvalue weighted by Gasteiger charge is 2.11. The molecule has 5 heteroatoms. The van der Waals surface area contributed by atoms with Crippen LogP contribution in [0, 0.1) is 27.7 Å². The molecule has 0 radical (unpaired) electrons. The Balaban J connectivity index is 1.72. The average Bonchev–Trinajstić information content (AvgIpc) is 2.64. The standard InChI is InChI=1S/C22H24N4O/c1-14-5-8-18(9-6-14)13-23-22-24-17(4)12-20(26-22)21(27)25-19-10-7-15(2)16(3)11-19/h5-12H,13H2,1-4H3,(H,25,27)(H,23,24,26). The highest BCUT2D eigenvalue weighted by atomic mass is 16.1. The molecule has 0 aliphatic rings. The molecule has 0 spiro atoms. The van der Waals surface area contributed by atoms with E-state index in [0.717, 1.165) is 22.5 Å². The monoisotopic (exact) mass is 360 g/mol. The van der Waals surface area contributed by atoms with Gasteiger partial charge in [0.25, 0.3) is 5.91 Å². The third kappa shape index (κ3) is 4.91. The Morgan fingerprint density at radius 3 is 2.33 bits per heavy atom. The van der Waals surface area contributed by atoms with Crippen molar-refractivity contribution >= 4 is 17.5 Å². The summed E-state index contributed by atoms with van der Waals surface area (Å²) in [4.78, 5) is 21.3. The van der Waals surface area contributed by atoms with Crippen molar-refractivity contribution in [3.05, 3.63) is 82.2 Å². The lowest BCUT2D eigenvalue weighted by atomic mass is 10.1. The van der Waals surface area contributed by atoms with Crippen molar-refractivity contribution in [2.75, 3.05) is 10.6 Å². The van der Waals surface area contributed by atoms with E-state index in [2.05, 4.69) is 51.8 Å². The van der Waals surface area contributed by atoms with Gasteiger partial charge in [0.2, 0.25) is 5.95 Å². The normalized spacial score (nSPS) is 10.5. The van der Waals surface area contributed by atoms with Gasteiger partial charge in [0.15, 0.2) is 0 Å². The molecule has 27 heavy (non-hydrogen) atoms. The molecule has 0 saturated carbocycles. The van der Waals surface area contributed by atoms with Gasteiger partial charge in [0, 0.05) is 17.9 Å². The maximum atomic E-state index is 12.6. The fourth-order valence-electron chi connectivity index (χ4n) is 2.67. The Labute approximate surface area is 159 Å². The lowest BCUT2D eigenvalue weighted by molar-refractivity contribution is 0.102. The number of aryl methyl sites for hydroxylation is 4. The van der Waals surface area contributed by atoms with Crippen LogP contribution in [0.5, 0.6) is 0 Å². The number of nitrogens with zero attached hydrogens (tertiary/aromatic N) is 2. The Hall–Kier alpha value is -3.21. The van der Waals surface area contributed by atoms with Crippen LogP contribution in [0.3, 0.4) is 0 Å². The summed E-state index contributed by atoms with van der Waals surface area (Å²) in [7, 11) is 0. The molecule has 0 unspecified atom stereocenters. The number of carbonyl (C=O) groups excluding carboxylic acids is 1. The number of amides is 1. The van der Waals surface area contributed by atoms with Gasteiger partial charge in [-0.05, 0) is 62.6 Å². The van der Waals surface area contributed by atoms with E-state index in [1.807, 2.05) is 39.0 Å².